The third-order valence-electron chi connectivity index (χ3n) is 3.57. The highest BCUT2D eigenvalue weighted by molar-refractivity contribution is 5.79. The van der Waals surface area contributed by atoms with E-state index < -0.39 is 0 Å². The van der Waals surface area contributed by atoms with Crippen LogP contribution in [0.1, 0.15) is 5.56 Å². The Morgan fingerprint density at radius 2 is 1.65 bits per heavy atom. The van der Waals surface area contributed by atoms with Crippen molar-refractivity contribution < 1.29 is 4.79 Å². The molecular formula is C17H18N2O. The van der Waals surface area contributed by atoms with Gasteiger partial charge < -0.3 is 10.6 Å². The van der Waals surface area contributed by atoms with Crippen LogP contribution in [0.2, 0.25) is 0 Å². The summed E-state index contributed by atoms with van der Waals surface area (Å²) in [5.41, 5.74) is 3.43. The molecule has 3 heteroatoms. The zero-order valence-electron chi connectivity index (χ0n) is 11.3. The van der Waals surface area contributed by atoms with E-state index in [0.29, 0.717) is 12.5 Å². The SMILES string of the molecule is O=C(Cc1ccc(-c2ccccc2)cc1)NC1CNC1. The number of rotatable bonds is 4. The van der Waals surface area contributed by atoms with Gasteiger partial charge in [-0.25, -0.2) is 0 Å². The number of carbonyl (C=O) groups excluding carboxylic acids is 1. The first-order valence-electron chi connectivity index (χ1n) is 6.96. The van der Waals surface area contributed by atoms with E-state index in [4.69, 9.17) is 0 Å². The van der Waals surface area contributed by atoms with Crippen LogP contribution in [0.25, 0.3) is 11.1 Å². The van der Waals surface area contributed by atoms with Crippen molar-refractivity contribution in [2.75, 3.05) is 13.1 Å². The van der Waals surface area contributed by atoms with E-state index >= 15 is 0 Å². The molecule has 0 aliphatic carbocycles. The summed E-state index contributed by atoms with van der Waals surface area (Å²) in [5.74, 6) is 0.101. The Bertz CT molecular complexity index is 574. The molecule has 0 atom stereocenters. The Kier molecular flexibility index (Phi) is 3.79. The number of carbonyl (C=O) groups is 1. The fraction of sp³-hybridized carbons (Fsp3) is 0.235. The first kappa shape index (κ1) is 12.9. The van der Waals surface area contributed by atoms with Crippen molar-refractivity contribution >= 4 is 5.91 Å². The standard InChI is InChI=1S/C17H18N2O/c20-17(19-16-11-18-12-16)10-13-6-8-15(9-7-13)14-4-2-1-3-5-14/h1-9,16,18H,10-12H2,(H,19,20). The summed E-state index contributed by atoms with van der Waals surface area (Å²) in [6.45, 7) is 1.78. The number of benzene rings is 2. The summed E-state index contributed by atoms with van der Waals surface area (Å²) in [6, 6.07) is 18.8. The van der Waals surface area contributed by atoms with E-state index in [2.05, 4.69) is 34.9 Å². The second-order valence-electron chi connectivity index (χ2n) is 5.16. The fourth-order valence-corrected chi connectivity index (χ4v) is 2.30. The minimum Gasteiger partial charge on any atom is -0.351 e. The smallest absolute Gasteiger partial charge is 0.224 e. The van der Waals surface area contributed by atoms with E-state index in [1.165, 1.54) is 11.1 Å². The van der Waals surface area contributed by atoms with Crippen molar-refractivity contribution in [3.8, 4) is 11.1 Å². The highest BCUT2D eigenvalue weighted by Gasteiger charge is 2.18. The molecule has 0 spiro atoms. The molecule has 0 radical (unpaired) electrons. The van der Waals surface area contributed by atoms with Gasteiger partial charge in [-0.1, -0.05) is 54.6 Å². The lowest BCUT2D eigenvalue weighted by atomic mass is 10.0. The molecule has 1 saturated heterocycles. The lowest BCUT2D eigenvalue weighted by Crippen LogP contribution is -2.57. The lowest BCUT2D eigenvalue weighted by molar-refractivity contribution is -0.121. The summed E-state index contributed by atoms with van der Waals surface area (Å²) >= 11 is 0. The van der Waals surface area contributed by atoms with Crippen LogP contribution in [0.3, 0.4) is 0 Å². The van der Waals surface area contributed by atoms with Crippen LogP contribution in [0, 0.1) is 0 Å². The van der Waals surface area contributed by atoms with Crippen molar-refractivity contribution in [3.63, 3.8) is 0 Å². The summed E-state index contributed by atoms with van der Waals surface area (Å²) in [6.07, 6.45) is 0.450. The van der Waals surface area contributed by atoms with Gasteiger partial charge >= 0.3 is 0 Å². The van der Waals surface area contributed by atoms with Gasteiger partial charge in [0.1, 0.15) is 0 Å². The molecule has 0 unspecified atom stereocenters. The van der Waals surface area contributed by atoms with Gasteiger partial charge in [0.2, 0.25) is 5.91 Å². The maximum Gasteiger partial charge on any atom is 0.224 e. The molecule has 2 N–H and O–H groups in total. The Morgan fingerprint density at radius 1 is 1.00 bits per heavy atom. The minimum absolute atomic E-state index is 0.101. The zero-order chi connectivity index (χ0) is 13.8. The molecule has 1 fully saturated rings. The number of nitrogens with one attached hydrogen (secondary N) is 2. The predicted octanol–water partition coefficient (Wildman–Crippen LogP) is 1.98. The summed E-state index contributed by atoms with van der Waals surface area (Å²) < 4.78 is 0. The maximum atomic E-state index is 11.8. The molecule has 0 bridgehead atoms. The predicted molar refractivity (Wildman–Crippen MR) is 80.4 cm³/mol. The van der Waals surface area contributed by atoms with Gasteiger partial charge in [0.05, 0.1) is 12.5 Å². The fourth-order valence-electron chi connectivity index (χ4n) is 2.30. The molecule has 3 nitrogen and oxygen atoms in total. The first-order chi connectivity index (χ1) is 9.81. The van der Waals surface area contributed by atoms with Crippen LogP contribution in [0.15, 0.2) is 54.6 Å². The highest BCUT2D eigenvalue weighted by atomic mass is 16.1. The van der Waals surface area contributed by atoms with E-state index in [1.54, 1.807) is 0 Å². The molecule has 1 heterocycles. The Hall–Kier alpha value is -2.13. The average molecular weight is 266 g/mol. The third-order valence-corrected chi connectivity index (χ3v) is 3.57. The van der Waals surface area contributed by atoms with E-state index in [9.17, 15) is 4.79 Å². The van der Waals surface area contributed by atoms with Crippen molar-refractivity contribution in [2.24, 2.45) is 0 Å². The molecule has 1 aliphatic rings. The molecule has 0 aromatic heterocycles. The normalized spacial score (nSPS) is 14.6. The minimum atomic E-state index is 0.101. The summed E-state index contributed by atoms with van der Waals surface area (Å²) in [4.78, 5) is 11.8. The van der Waals surface area contributed by atoms with Crippen LogP contribution < -0.4 is 10.6 Å². The van der Waals surface area contributed by atoms with E-state index in [0.717, 1.165) is 18.7 Å². The summed E-state index contributed by atoms with van der Waals surface area (Å²) in [5, 5.41) is 6.15. The van der Waals surface area contributed by atoms with Crippen molar-refractivity contribution in [1.82, 2.24) is 10.6 Å². The number of amides is 1. The Balaban J connectivity index is 1.62. The van der Waals surface area contributed by atoms with Gasteiger partial charge in [0.15, 0.2) is 0 Å². The van der Waals surface area contributed by atoms with Gasteiger partial charge in [-0.15, -0.1) is 0 Å². The van der Waals surface area contributed by atoms with Gasteiger partial charge in [-0.3, -0.25) is 4.79 Å². The molecular weight excluding hydrogens is 248 g/mol. The molecule has 102 valence electrons. The first-order valence-corrected chi connectivity index (χ1v) is 6.96. The van der Waals surface area contributed by atoms with Crippen molar-refractivity contribution in [2.45, 2.75) is 12.5 Å². The molecule has 0 saturated carbocycles. The Labute approximate surface area is 119 Å². The Morgan fingerprint density at radius 3 is 2.25 bits per heavy atom. The van der Waals surface area contributed by atoms with Gasteiger partial charge in [0, 0.05) is 13.1 Å². The third kappa shape index (κ3) is 3.06. The average Bonchev–Trinajstić information content (AvgIpc) is 2.45. The topological polar surface area (TPSA) is 41.1 Å². The van der Waals surface area contributed by atoms with Crippen LogP contribution in [-0.4, -0.2) is 25.0 Å². The number of hydrogen-bond donors (Lipinski definition) is 2. The second kappa shape index (κ2) is 5.88. The molecule has 1 amide bonds. The van der Waals surface area contributed by atoms with Crippen LogP contribution in [0.5, 0.6) is 0 Å². The second-order valence-corrected chi connectivity index (χ2v) is 5.16. The van der Waals surface area contributed by atoms with Gasteiger partial charge in [-0.2, -0.15) is 0 Å². The largest absolute Gasteiger partial charge is 0.351 e. The molecule has 2 aromatic carbocycles. The van der Waals surface area contributed by atoms with E-state index in [-0.39, 0.29) is 5.91 Å². The quantitative estimate of drug-likeness (QED) is 0.888. The van der Waals surface area contributed by atoms with Gasteiger partial charge in [0.25, 0.3) is 0 Å². The highest BCUT2D eigenvalue weighted by Crippen LogP contribution is 2.19. The summed E-state index contributed by atoms with van der Waals surface area (Å²) in [7, 11) is 0. The molecule has 2 aromatic rings. The monoisotopic (exact) mass is 266 g/mol. The number of hydrogen-bond acceptors (Lipinski definition) is 2. The lowest BCUT2D eigenvalue weighted by Gasteiger charge is -2.27. The maximum absolute atomic E-state index is 11.8. The van der Waals surface area contributed by atoms with Crippen LogP contribution in [0.4, 0.5) is 0 Å². The molecule has 3 rings (SSSR count). The van der Waals surface area contributed by atoms with Crippen molar-refractivity contribution in [3.05, 3.63) is 60.2 Å². The van der Waals surface area contributed by atoms with Crippen molar-refractivity contribution in [1.29, 1.82) is 0 Å². The van der Waals surface area contributed by atoms with E-state index in [1.807, 2.05) is 30.3 Å². The molecule has 1 aliphatic heterocycles. The zero-order valence-corrected chi connectivity index (χ0v) is 11.3. The van der Waals surface area contributed by atoms with Gasteiger partial charge in [-0.05, 0) is 16.7 Å². The van der Waals surface area contributed by atoms with Crippen LogP contribution in [-0.2, 0) is 11.2 Å². The van der Waals surface area contributed by atoms with Crippen LogP contribution >= 0.6 is 0 Å². The molecule has 20 heavy (non-hydrogen) atoms.